The molecule has 0 unspecified atom stereocenters. The van der Waals surface area contributed by atoms with Gasteiger partial charge in [0.25, 0.3) is 0 Å². The number of carbonyl (C=O) groups excluding carboxylic acids is 1. The molecule has 0 saturated heterocycles. The molecule has 0 atom stereocenters. The third-order valence-electron chi connectivity index (χ3n) is 2.24. The lowest BCUT2D eigenvalue weighted by molar-refractivity contribution is -0.116. The van der Waals surface area contributed by atoms with Gasteiger partial charge in [-0.1, -0.05) is 34.1 Å². The Morgan fingerprint density at radius 2 is 2.13 bits per heavy atom. The first-order chi connectivity index (χ1) is 7.25. The topological polar surface area (TPSA) is 29.1 Å². The van der Waals surface area contributed by atoms with Crippen LogP contribution < -0.4 is 5.32 Å². The number of benzene rings is 1. The standard InChI is InChI=1S/C12H12BrNO/c13-11-4-2-1-3-9(11)5-8-12(15)14-10-6-7-10/h1-5,8,10H,6-7H2,(H,14,15)/b8-5+. The number of carbonyl (C=O) groups is 1. The molecule has 2 nitrogen and oxygen atoms in total. The summed E-state index contributed by atoms with van der Waals surface area (Å²) in [6.07, 6.45) is 5.64. The first-order valence-electron chi connectivity index (χ1n) is 4.99. The number of hydrogen-bond acceptors (Lipinski definition) is 1. The third-order valence-corrected chi connectivity index (χ3v) is 2.97. The van der Waals surface area contributed by atoms with Crippen molar-refractivity contribution < 1.29 is 4.79 Å². The van der Waals surface area contributed by atoms with Crippen LogP contribution in [0.3, 0.4) is 0 Å². The second-order valence-corrected chi connectivity index (χ2v) is 4.49. The van der Waals surface area contributed by atoms with Crippen LogP contribution in [0.5, 0.6) is 0 Å². The van der Waals surface area contributed by atoms with Crippen molar-refractivity contribution in [2.45, 2.75) is 18.9 Å². The molecule has 1 fully saturated rings. The van der Waals surface area contributed by atoms with E-state index in [4.69, 9.17) is 0 Å². The molecule has 78 valence electrons. The number of amides is 1. The van der Waals surface area contributed by atoms with E-state index in [2.05, 4.69) is 21.2 Å². The van der Waals surface area contributed by atoms with E-state index in [1.807, 2.05) is 30.3 Å². The van der Waals surface area contributed by atoms with E-state index in [0.29, 0.717) is 6.04 Å². The van der Waals surface area contributed by atoms with Crippen molar-refractivity contribution >= 4 is 27.9 Å². The lowest BCUT2D eigenvalue weighted by atomic mass is 10.2. The average molecular weight is 266 g/mol. The lowest BCUT2D eigenvalue weighted by Gasteiger charge is -1.98. The van der Waals surface area contributed by atoms with Gasteiger partial charge in [-0.2, -0.15) is 0 Å². The van der Waals surface area contributed by atoms with Gasteiger partial charge in [-0.15, -0.1) is 0 Å². The van der Waals surface area contributed by atoms with Gasteiger partial charge < -0.3 is 5.32 Å². The molecule has 15 heavy (non-hydrogen) atoms. The van der Waals surface area contributed by atoms with E-state index in [9.17, 15) is 4.79 Å². The van der Waals surface area contributed by atoms with Gasteiger partial charge in [0.15, 0.2) is 0 Å². The summed E-state index contributed by atoms with van der Waals surface area (Å²) in [5.74, 6) is -0.00625. The van der Waals surface area contributed by atoms with Gasteiger partial charge in [0.2, 0.25) is 5.91 Å². The molecule has 0 bridgehead atoms. The van der Waals surface area contributed by atoms with Crippen molar-refractivity contribution in [3.8, 4) is 0 Å². The van der Waals surface area contributed by atoms with E-state index in [1.54, 1.807) is 6.08 Å². The summed E-state index contributed by atoms with van der Waals surface area (Å²) in [5.41, 5.74) is 1.02. The van der Waals surface area contributed by atoms with Gasteiger partial charge in [0, 0.05) is 16.6 Å². The molecule has 1 aromatic carbocycles. The third kappa shape index (κ3) is 3.20. The first-order valence-corrected chi connectivity index (χ1v) is 5.78. The molecule has 1 aromatic rings. The molecule has 1 aliphatic carbocycles. The fraction of sp³-hybridized carbons (Fsp3) is 0.250. The Morgan fingerprint density at radius 3 is 2.80 bits per heavy atom. The van der Waals surface area contributed by atoms with Crippen molar-refractivity contribution in [1.82, 2.24) is 5.32 Å². The SMILES string of the molecule is O=C(/C=C/c1ccccc1Br)NC1CC1. The zero-order valence-electron chi connectivity index (χ0n) is 8.24. The Kier molecular flexibility index (Phi) is 3.21. The van der Waals surface area contributed by atoms with E-state index in [0.717, 1.165) is 22.9 Å². The fourth-order valence-electron chi connectivity index (χ4n) is 1.25. The Morgan fingerprint density at radius 1 is 1.40 bits per heavy atom. The van der Waals surface area contributed by atoms with E-state index >= 15 is 0 Å². The predicted octanol–water partition coefficient (Wildman–Crippen LogP) is 2.74. The molecular formula is C12H12BrNO. The van der Waals surface area contributed by atoms with Crippen LogP contribution in [0.2, 0.25) is 0 Å². The minimum Gasteiger partial charge on any atom is -0.350 e. The minimum atomic E-state index is -0.00625. The van der Waals surface area contributed by atoms with E-state index < -0.39 is 0 Å². The maximum Gasteiger partial charge on any atom is 0.244 e. The van der Waals surface area contributed by atoms with E-state index in [-0.39, 0.29) is 5.91 Å². The molecule has 0 aliphatic heterocycles. The second kappa shape index (κ2) is 4.62. The van der Waals surface area contributed by atoms with Gasteiger partial charge in [-0.25, -0.2) is 0 Å². The monoisotopic (exact) mass is 265 g/mol. The lowest BCUT2D eigenvalue weighted by Crippen LogP contribution is -2.22. The number of nitrogens with one attached hydrogen (secondary N) is 1. The molecule has 0 aromatic heterocycles. The summed E-state index contributed by atoms with van der Waals surface area (Å²) in [6, 6.07) is 8.24. The van der Waals surface area contributed by atoms with Crippen molar-refractivity contribution in [2.75, 3.05) is 0 Å². The quantitative estimate of drug-likeness (QED) is 0.837. The molecule has 2 rings (SSSR count). The summed E-state index contributed by atoms with van der Waals surface area (Å²) in [5, 5.41) is 2.90. The number of hydrogen-bond donors (Lipinski definition) is 1. The Hall–Kier alpha value is -1.09. The molecule has 3 heteroatoms. The van der Waals surface area contributed by atoms with Crippen molar-refractivity contribution in [2.24, 2.45) is 0 Å². The molecule has 0 heterocycles. The van der Waals surface area contributed by atoms with Crippen LogP contribution in [-0.2, 0) is 4.79 Å². The molecule has 0 spiro atoms. The molecule has 1 saturated carbocycles. The summed E-state index contributed by atoms with van der Waals surface area (Å²) < 4.78 is 1.00. The maximum absolute atomic E-state index is 11.4. The number of rotatable bonds is 3. The van der Waals surface area contributed by atoms with Crippen LogP contribution in [0.25, 0.3) is 6.08 Å². The summed E-state index contributed by atoms with van der Waals surface area (Å²) >= 11 is 3.43. The largest absolute Gasteiger partial charge is 0.350 e. The maximum atomic E-state index is 11.4. The van der Waals surface area contributed by atoms with Gasteiger partial charge in [0.1, 0.15) is 0 Å². The predicted molar refractivity (Wildman–Crippen MR) is 64.3 cm³/mol. The van der Waals surface area contributed by atoms with Crippen molar-refractivity contribution in [3.05, 3.63) is 40.4 Å². The van der Waals surface area contributed by atoms with Crippen LogP contribution >= 0.6 is 15.9 Å². The average Bonchev–Trinajstić information content (AvgIpc) is 3.00. The minimum absolute atomic E-state index is 0.00625. The Balaban J connectivity index is 1.97. The normalized spacial score (nSPS) is 15.5. The summed E-state index contributed by atoms with van der Waals surface area (Å²) in [4.78, 5) is 11.4. The molecule has 1 aliphatic rings. The first kappa shape index (κ1) is 10.4. The Bertz CT molecular complexity index is 396. The molecule has 1 N–H and O–H groups in total. The van der Waals surface area contributed by atoms with Gasteiger partial charge >= 0.3 is 0 Å². The molecular weight excluding hydrogens is 254 g/mol. The number of halogens is 1. The van der Waals surface area contributed by atoms with Gasteiger partial charge in [-0.3, -0.25) is 4.79 Å². The van der Waals surface area contributed by atoms with Gasteiger partial charge in [-0.05, 0) is 30.5 Å². The van der Waals surface area contributed by atoms with Crippen molar-refractivity contribution in [1.29, 1.82) is 0 Å². The van der Waals surface area contributed by atoms with Gasteiger partial charge in [0.05, 0.1) is 0 Å². The van der Waals surface area contributed by atoms with Crippen LogP contribution in [0.15, 0.2) is 34.8 Å². The summed E-state index contributed by atoms with van der Waals surface area (Å²) in [6.45, 7) is 0. The zero-order chi connectivity index (χ0) is 10.7. The van der Waals surface area contributed by atoms with Crippen LogP contribution in [0, 0.1) is 0 Å². The van der Waals surface area contributed by atoms with Crippen molar-refractivity contribution in [3.63, 3.8) is 0 Å². The van der Waals surface area contributed by atoms with Crippen LogP contribution in [-0.4, -0.2) is 11.9 Å². The molecule has 0 radical (unpaired) electrons. The molecule has 1 amide bonds. The highest BCUT2D eigenvalue weighted by atomic mass is 79.9. The Labute approximate surface area is 97.5 Å². The second-order valence-electron chi connectivity index (χ2n) is 3.64. The summed E-state index contributed by atoms with van der Waals surface area (Å²) in [7, 11) is 0. The highest BCUT2D eigenvalue weighted by Crippen LogP contribution is 2.19. The smallest absolute Gasteiger partial charge is 0.244 e. The fourth-order valence-corrected chi connectivity index (χ4v) is 1.67. The zero-order valence-corrected chi connectivity index (χ0v) is 9.83. The van der Waals surface area contributed by atoms with Crippen LogP contribution in [0.4, 0.5) is 0 Å². The van der Waals surface area contributed by atoms with E-state index in [1.165, 1.54) is 0 Å². The van der Waals surface area contributed by atoms with Crippen LogP contribution in [0.1, 0.15) is 18.4 Å². The highest BCUT2D eigenvalue weighted by Gasteiger charge is 2.21. The highest BCUT2D eigenvalue weighted by molar-refractivity contribution is 9.10.